The standard InChI is InChI=1S/C5H9I2NO2/c1-5(6-2,4(9)10)3-7-8-3/h3,8H,1-2H3,(H,9,10)/q-2. The third kappa shape index (κ3) is 1.55. The molecule has 1 aliphatic heterocycles. The number of rotatable bonds is 3. The molecule has 62 valence electrons. The van der Waals surface area contributed by atoms with E-state index in [1.54, 1.807) is 0 Å². The fourth-order valence-corrected chi connectivity index (χ4v) is 6.30. The molecule has 0 aromatic rings. The first-order chi connectivity index (χ1) is 4.61. The molecule has 0 saturated carbocycles. The van der Waals surface area contributed by atoms with Crippen molar-refractivity contribution in [2.45, 2.75) is 14.4 Å². The van der Waals surface area contributed by atoms with Gasteiger partial charge in [0.2, 0.25) is 0 Å². The molecule has 2 atom stereocenters. The number of carbonyl (C=O) groups is 1. The van der Waals surface area contributed by atoms with Crippen LogP contribution >= 0.6 is 0 Å². The van der Waals surface area contributed by atoms with Gasteiger partial charge in [0.25, 0.3) is 0 Å². The van der Waals surface area contributed by atoms with Crippen molar-refractivity contribution >= 4 is 5.97 Å². The van der Waals surface area contributed by atoms with Crippen molar-refractivity contribution in [3.8, 4) is 0 Å². The monoisotopic (exact) mass is 369 g/mol. The molecule has 3 nitrogen and oxygen atoms in total. The maximum atomic E-state index is 10.7. The van der Waals surface area contributed by atoms with Crippen LogP contribution in [0.25, 0.3) is 0 Å². The Bertz CT molecular complexity index is 160. The van der Waals surface area contributed by atoms with Gasteiger partial charge in [0.1, 0.15) is 0 Å². The van der Waals surface area contributed by atoms with Gasteiger partial charge in [0, 0.05) is 0 Å². The van der Waals surface area contributed by atoms with Gasteiger partial charge in [-0.3, -0.25) is 0 Å². The topological polar surface area (TPSA) is 59.2 Å². The zero-order chi connectivity index (χ0) is 7.78. The number of aliphatic carboxylic acids is 1. The van der Waals surface area contributed by atoms with Gasteiger partial charge in [-0.15, -0.1) is 0 Å². The van der Waals surface area contributed by atoms with E-state index in [0.717, 1.165) is 0 Å². The van der Waals surface area contributed by atoms with E-state index >= 15 is 0 Å². The van der Waals surface area contributed by atoms with Crippen LogP contribution in [0.3, 0.4) is 0 Å². The van der Waals surface area contributed by atoms with Gasteiger partial charge in [-0.25, -0.2) is 0 Å². The third-order valence-corrected chi connectivity index (χ3v) is 8.51. The number of hydrogen-bond donors (Lipinski definition) is 2. The summed E-state index contributed by atoms with van der Waals surface area (Å²) in [5, 5.41) is 8.85. The summed E-state index contributed by atoms with van der Waals surface area (Å²) in [4.78, 5) is 12.8. The van der Waals surface area contributed by atoms with E-state index in [2.05, 4.69) is 3.53 Å². The molecule has 1 heterocycles. The predicted molar refractivity (Wildman–Crippen MR) is 28.9 cm³/mol. The minimum atomic E-state index is -0.613. The van der Waals surface area contributed by atoms with Crippen molar-refractivity contribution in [3.05, 3.63) is 0 Å². The van der Waals surface area contributed by atoms with Crippen molar-refractivity contribution in [1.29, 1.82) is 0 Å². The molecule has 2 N–H and O–H groups in total. The third-order valence-electron chi connectivity index (χ3n) is 1.50. The number of alkyl halides is 3. The van der Waals surface area contributed by atoms with E-state index in [1.807, 2.05) is 11.9 Å². The van der Waals surface area contributed by atoms with Gasteiger partial charge >= 0.3 is 81.4 Å². The van der Waals surface area contributed by atoms with Crippen LogP contribution in [0.15, 0.2) is 0 Å². The first-order valence-electron chi connectivity index (χ1n) is 2.73. The Morgan fingerprint density at radius 2 is 2.40 bits per heavy atom. The average molecular weight is 369 g/mol. The Hall–Kier alpha value is 0.890. The number of carboxylic acid groups (broad SMARTS) is 1. The Morgan fingerprint density at radius 3 is 2.50 bits per heavy atom. The molecule has 1 saturated heterocycles. The van der Waals surface area contributed by atoms with Crippen LogP contribution in [-0.2, 0) is 4.79 Å². The summed E-state index contributed by atoms with van der Waals surface area (Å²) >= 11 is -0.154. The van der Waals surface area contributed by atoms with Gasteiger partial charge in [0.05, 0.1) is 0 Å². The van der Waals surface area contributed by atoms with E-state index in [-0.39, 0.29) is 46.1 Å². The second-order valence-electron chi connectivity index (χ2n) is 2.15. The molecule has 1 rings (SSSR count). The molecule has 0 radical (unpaired) electrons. The Labute approximate surface area is 80.8 Å². The summed E-state index contributed by atoms with van der Waals surface area (Å²) in [6, 6.07) is 0. The van der Waals surface area contributed by atoms with Crippen LogP contribution in [-0.4, -0.2) is 23.5 Å². The summed E-state index contributed by atoms with van der Waals surface area (Å²) in [7, 11) is 0. The number of nitrogens with one attached hydrogen (secondary N) is 1. The summed E-state index contributed by atoms with van der Waals surface area (Å²) < 4.78 is 3.14. The van der Waals surface area contributed by atoms with E-state index in [9.17, 15) is 4.79 Å². The zero-order valence-corrected chi connectivity index (χ0v) is 10.0. The predicted octanol–water partition coefficient (Wildman–Crippen LogP) is -6.52. The molecule has 0 aliphatic carbocycles. The molecule has 10 heavy (non-hydrogen) atoms. The van der Waals surface area contributed by atoms with Crippen LogP contribution in [0.1, 0.15) is 6.92 Å². The maximum absolute atomic E-state index is 10.7. The molecule has 5 heteroatoms. The van der Waals surface area contributed by atoms with Crippen LogP contribution in [0.4, 0.5) is 0 Å². The van der Waals surface area contributed by atoms with Crippen LogP contribution in [0.2, 0.25) is 0 Å². The quantitative estimate of drug-likeness (QED) is 0.171. The zero-order valence-electron chi connectivity index (χ0n) is 5.69. The van der Waals surface area contributed by atoms with Gasteiger partial charge in [0.15, 0.2) is 0 Å². The summed E-state index contributed by atoms with van der Waals surface area (Å²) in [6.07, 6.45) is 0. The molecule has 0 bridgehead atoms. The molecule has 1 fully saturated rings. The first-order valence-corrected chi connectivity index (χ1v) is 8.29. The number of halogens is 2. The molecule has 0 aromatic carbocycles. The van der Waals surface area contributed by atoms with Crippen molar-refractivity contribution in [2.24, 2.45) is 0 Å². The van der Waals surface area contributed by atoms with E-state index < -0.39 is 5.97 Å². The first kappa shape index (κ1) is 8.98. The van der Waals surface area contributed by atoms with Gasteiger partial charge in [-0.2, -0.15) is 0 Å². The normalized spacial score (nSPS) is 30.4. The average Bonchev–Trinajstić information content (AvgIpc) is 2.67. The SMILES string of the molecule is C[I-]C(C)(C(=O)O)C1N[I-]1. The summed E-state index contributed by atoms with van der Waals surface area (Å²) in [5.41, 5.74) is 0. The molecule has 0 spiro atoms. The van der Waals surface area contributed by atoms with Crippen LogP contribution in [0.5, 0.6) is 0 Å². The van der Waals surface area contributed by atoms with Gasteiger partial charge < -0.3 is 0 Å². The van der Waals surface area contributed by atoms with E-state index in [1.165, 1.54) is 0 Å². The fourth-order valence-electron chi connectivity index (χ4n) is 0.521. The molecule has 2 unspecified atom stereocenters. The summed E-state index contributed by atoms with van der Waals surface area (Å²) in [6.45, 7) is 1.87. The van der Waals surface area contributed by atoms with Crippen molar-refractivity contribution in [2.75, 3.05) is 4.93 Å². The molecule has 0 aromatic heterocycles. The fraction of sp³-hybridized carbons (Fsp3) is 0.800. The van der Waals surface area contributed by atoms with Crippen LogP contribution in [0, 0.1) is 0 Å². The van der Waals surface area contributed by atoms with Gasteiger partial charge in [-0.1, -0.05) is 0 Å². The van der Waals surface area contributed by atoms with Crippen molar-refractivity contribution in [1.82, 2.24) is 3.53 Å². The second-order valence-corrected chi connectivity index (χ2v) is 7.96. The summed E-state index contributed by atoms with van der Waals surface area (Å²) in [5.74, 6) is -0.613. The molecular formula is C5H9I2NO2-2. The van der Waals surface area contributed by atoms with Gasteiger partial charge in [-0.05, 0) is 0 Å². The minimum absolute atomic E-state index is 0.0411. The second kappa shape index (κ2) is 3.10. The van der Waals surface area contributed by atoms with E-state index in [0.29, 0.717) is 4.05 Å². The van der Waals surface area contributed by atoms with Crippen LogP contribution < -0.4 is 46.2 Å². The molecule has 1 aliphatic rings. The number of carboxylic acids is 1. The number of hydrogen-bond acceptors (Lipinski definition) is 2. The Morgan fingerprint density at radius 1 is 1.90 bits per heavy atom. The van der Waals surface area contributed by atoms with E-state index in [4.69, 9.17) is 5.11 Å². The molecule has 0 amide bonds. The molecular weight excluding hydrogens is 360 g/mol. The van der Waals surface area contributed by atoms with Crippen molar-refractivity contribution < 1.29 is 52.6 Å². The van der Waals surface area contributed by atoms with Crippen molar-refractivity contribution in [3.63, 3.8) is 0 Å². The Kier molecular flexibility index (Phi) is 2.78. The Balaban J connectivity index is 2.65.